The first-order chi connectivity index (χ1) is 5.68. The van der Waals surface area contributed by atoms with E-state index in [-0.39, 0.29) is 0 Å². The lowest BCUT2D eigenvalue weighted by molar-refractivity contribution is -0.139. The molecule has 0 aromatic heterocycles. The van der Waals surface area contributed by atoms with Crippen molar-refractivity contribution in [3.8, 4) is 0 Å². The maximum atomic E-state index is 10.2. The van der Waals surface area contributed by atoms with E-state index in [2.05, 4.69) is 6.92 Å². The van der Waals surface area contributed by atoms with Gasteiger partial charge in [-0.3, -0.25) is 4.79 Å². The van der Waals surface area contributed by atoms with Crippen molar-refractivity contribution >= 4 is 5.97 Å². The van der Waals surface area contributed by atoms with Crippen molar-refractivity contribution in [3.05, 3.63) is 0 Å². The molecule has 0 saturated heterocycles. The van der Waals surface area contributed by atoms with Gasteiger partial charge >= 0.3 is 5.97 Å². The summed E-state index contributed by atoms with van der Waals surface area (Å²) in [6.07, 6.45) is 2.49. The third-order valence-electron chi connectivity index (χ3n) is 1.53. The topological polar surface area (TPSA) is 72.5 Å². The molecule has 0 aliphatic carbocycles. The third kappa shape index (κ3) is 6.12. The summed E-state index contributed by atoms with van der Waals surface area (Å²) in [4.78, 5) is 10.2. The molecule has 4 heteroatoms. The molecule has 0 fully saturated rings. The van der Waals surface area contributed by atoms with Gasteiger partial charge in [-0.1, -0.05) is 13.3 Å². The lowest BCUT2D eigenvalue weighted by Crippen LogP contribution is -2.31. The fraction of sp³-hybridized carbons (Fsp3) is 0.875. The van der Waals surface area contributed by atoms with Crippen molar-refractivity contribution in [3.63, 3.8) is 0 Å². The van der Waals surface area contributed by atoms with Gasteiger partial charge in [0.1, 0.15) is 6.04 Å². The maximum absolute atomic E-state index is 10.2. The average Bonchev–Trinajstić information content (AvgIpc) is 2.03. The van der Waals surface area contributed by atoms with Crippen molar-refractivity contribution in [1.82, 2.24) is 0 Å². The molecule has 0 aromatic rings. The minimum absolute atomic E-state index is 0.388. The third-order valence-corrected chi connectivity index (χ3v) is 1.53. The van der Waals surface area contributed by atoms with Crippen molar-refractivity contribution in [2.75, 3.05) is 13.2 Å². The first-order valence-electron chi connectivity index (χ1n) is 4.24. The average molecular weight is 175 g/mol. The molecule has 0 heterocycles. The Labute approximate surface area is 72.7 Å². The maximum Gasteiger partial charge on any atom is 0.320 e. The molecule has 1 unspecified atom stereocenters. The molecule has 0 aliphatic rings. The standard InChI is InChI=1S/C8H17NO3/c1-2-3-5-12-6-4-7(9)8(10)11/h7H,2-6,9H2,1H3,(H,10,11). The summed E-state index contributed by atoms with van der Waals surface area (Å²) in [6.45, 7) is 3.21. The smallest absolute Gasteiger partial charge is 0.320 e. The number of hydrogen-bond donors (Lipinski definition) is 2. The fourth-order valence-corrected chi connectivity index (χ4v) is 0.682. The normalized spacial score (nSPS) is 12.8. The van der Waals surface area contributed by atoms with Gasteiger partial charge in [0.05, 0.1) is 0 Å². The molecule has 4 nitrogen and oxygen atoms in total. The summed E-state index contributed by atoms with van der Waals surface area (Å²) in [5.41, 5.74) is 5.25. The van der Waals surface area contributed by atoms with Crippen LogP contribution in [0.2, 0.25) is 0 Å². The van der Waals surface area contributed by atoms with E-state index in [4.69, 9.17) is 15.6 Å². The van der Waals surface area contributed by atoms with Crippen LogP contribution in [0.5, 0.6) is 0 Å². The summed E-state index contributed by atoms with van der Waals surface area (Å²) in [5, 5.41) is 8.40. The van der Waals surface area contributed by atoms with Crippen LogP contribution in [0.1, 0.15) is 26.2 Å². The van der Waals surface area contributed by atoms with Crippen LogP contribution < -0.4 is 5.73 Å². The molecule has 1 atom stereocenters. The van der Waals surface area contributed by atoms with E-state index >= 15 is 0 Å². The van der Waals surface area contributed by atoms with Gasteiger partial charge in [-0.15, -0.1) is 0 Å². The predicted molar refractivity (Wildman–Crippen MR) is 46.0 cm³/mol. The van der Waals surface area contributed by atoms with E-state index in [0.717, 1.165) is 12.8 Å². The van der Waals surface area contributed by atoms with Crippen LogP contribution in [0.25, 0.3) is 0 Å². The highest BCUT2D eigenvalue weighted by Crippen LogP contribution is 1.92. The van der Waals surface area contributed by atoms with Gasteiger partial charge in [-0.2, -0.15) is 0 Å². The number of carbonyl (C=O) groups is 1. The Morgan fingerprint density at radius 1 is 1.58 bits per heavy atom. The van der Waals surface area contributed by atoms with Gasteiger partial charge in [0.15, 0.2) is 0 Å². The Morgan fingerprint density at radius 3 is 2.75 bits per heavy atom. The minimum atomic E-state index is -0.964. The fourth-order valence-electron chi connectivity index (χ4n) is 0.682. The first-order valence-corrected chi connectivity index (χ1v) is 4.24. The molecule has 0 aliphatic heterocycles. The summed E-state index contributed by atoms with van der Waals surface area (Å²) < 4.78 is 5.15. The van der Waals surface area contributed by atoms with Crippen LogP contribution in [-0.2, 0) is 9.53 Å². The van der Waals surface area contributed by atoms with E-state index < -0.39 is 12.0 Å². The summed E-state index contributed by atoms with van der Waals surface area (Å²) in [5.74, 6) is -0.964. The van der Waals surface area contributed by atoms with Gasteiger partial charge < -0.3 is 15.6 Å². The van der Waals surface area contributed by atoms with E-state index in [1.54, 1.807) is 0 Å². The molecule has 72 valence electrons. The molecule has 0 saturated carbocycles. The van der Waals surface area contributed by atoms with Crippen molar-refractivity contribution in [2.45, 2.75) is 32.2 Å². The Morgan fingerprint density at radius 2 is 2.25 bits per heavy atom. The highest BCUT2D eigenvalue weighted by molar-refractivity contribution is 5.72. The number of rotatable bonds is 7. The largest absolute Gasteiger partial charge is 0.480 e. The number of nitrogens with two attached hydrogens (primary N) is 1. The number of hydrogen-bond acceptors (Lipinski definition) is 3. The molecule has 0 bridgehead atoms. The molecule has 12 heavy (non-hydrogen) atoms. The molecule has 0 radical (unpaired) electrons. The monoisotopic (exact) mass is 175 g/mol. The molecule has 0 spiro atoms. The number of carboxylic acids is 1. The van der Waals surface area contributed by atoms with Gasteiger partial charge in [-0.05, 0) is 12.8 Å². The molecule has 0 rings (SSSR count). The summed E-state index contributed by atoms with van der Waals surface area (Å²) in [7, 11) is 0. The van der Waals surface area contributed by atoms with E-state index in [1.165, 1.54) is 0 Å². The lowest BCUT2D eigenvalue weighted by Gasteiger charge is -2.06. The zero-order valence-electron chi connectivity index (χ0n) is 7.45. The first kappa shape index (κ1) is 11.4. The number of ether oxygens (including phenoxy) is 1. The van der Waals surface area contributed by atoms with Crippen molar-refractivity contribution in [2.24, 2.45) is 5.73 Å². The van der Waals surface area contributed by atoms with Gasteiger partial charge in [-0.25, -0.2) is 0 Å². The zero-order chi connectivity index (χ0) is 9.40. The SMILES string of the molecule is CCCCOCCC(N)C(=O)O. The molecule has 0 amide bonds. The van der Waals surface area contributed by atoms with Crippen LogP contribution in [0.3, 0.4) is 0 Å². The second-order valence-electron chi connectivity index (χ2n) is 2.70. The molecule has 3 N–H and O–H groups in total. The number of unbranched alkanes of at least 4 members (excludes halogenated alkanes) is 1. The van der Waals surface area contributed by atoms with Gasteiger partial charge in [0, 0.05) is 13.2 Å². The van der Waals surface area contributed by atoms with Gasteiger partial charge in [0.25, 0.3) is 0 Å². The highest BCUT2D eigenvalue weighted by atomic mass is 16.5. The number of carboxylic acid groups (broad SMARTS) is 1. The zero-order valence-corrected chi connectivity index (χ0v) is 7.45. The Kier molecular flexibility index (Phi) is 6.70. The van der Waals surface area contributed by atoms with Gasteiger partial charge in [0.2, 0.25) is 0 Å². The minimum Gasteiger partial charge on any atom is -0.480 e. The van der Waals surface area contributed by atoms with E-state index in [9.17, 15) is 4.79 Å². The van der Waals surface area contributed by atoms with Crippen LogP contribution >= 0.6 is 0 Å². The number of aliphatic carboxylic acids is 1. The summed E-state index contributed by atoms with van der Waals surface area (Å²) in [6, 6.07) is -0.786. The Balaban J connectivity index is 3.14. The van der Waals surface area contributed by atoms with E-state index in [1.807, 2.05) is 0 Å². The Bertz CT molecular complexity index is 127. The van der Waals surface area contributed by atoms with Crippen LogP contribution in [0.4, 0.5) is 0 Å². The Hall–Kier alpha value is -0.610. The second-order valence-corrected chi connectivity index (χ2v) is 2.70. The highest BCUT2D eigenvalue weighted by Gasteiger charge is 2.09. The van der Waals surface area contributed by atoms with Crippen LogP contribution in [0.15, 0.2) is 0 Å². The summed E-state index contributed by atoms with van der Waals surface area (Å²) >= 11 is 0. The van der Waals surface area contributed by atoms with E-state index in [0.29, 0.717) is 19.6 Å². The molecular weight excluding hydrogens is 158 g/mol. The van der Waals surface area contributed by atoms with Crippen LogP contribution in [0, 0.1) is 0 Å². The predicted octanol–water partition coefficient (Wildman–Crippen LogP) is 0.605. The quantitative estimate of drug-likeness (QED) is 0.556. The lowest BCUT2D eigenvalue weighted by atomic mass is 10.2. The van der Waals surface area contributed by atoms with Crippen molar-refractivity contribution in [1.29, 1.82) is 0 Å². The van der Waals surface area contributed by atoms with Crippen molar-refractivity contribution < 1.29 is 14.6 Å². The van der Waals surface area contributed by atoms with Crippen LogP contribution in [-0.4, -0.2) is 30.3 Å². The second kappa shape index (κ2) is 7.06. The molecule has 0 aromatic carbocycles. The molecular formula is C8H17NO3.